The normalized spacial score (nSPS) is 10.8. The van der Waals surface area contributed by atoms with Crippen molar-refractivity contribution in [3.63, 3.8) is 0 Å². The number of aromatic nitrogens is 4. The predicted octanol–water partition coefficient (Wildman–Crippen LogP) is 3.06. The van der Waals surface area contributed by atoms with Gasteiger partial charge in [0.15, 0.2) is 5.65 Å². The smallest absolute Gasteiger partial charge is 0.215 e. The Balaban J connectivity index is 1.87. The van der Waals surface area contributed by atoms with E-state index in [0.29, 0.717) is 28.0 Å². The van der Waals surface area contributed by atoms with Crippen LogP contribution in [-0.2, 0) is 0 Å². The molecule has 0 bridgehead atoms. The zero-order valence-electron chi connectivity index (χ0n) is 13.5. The van der Waals surface area contributed by atoms with E-state index >= 15 is 0 Å². The number of ether oxygens (including phenoxy) is 1. The number of para-hydroxylation sites is 2. The van der Waals surface area contributed by atoms with Crippen LogP contribution < -0.4 is 4.74 Å². The van der Waals surface area contributed by atoms with Gasteiger partial charge in [0, 0.05) is 0 Å². The average Bonchev–Trinajstić information content (AvgIpc) is 3.12. The van der Waals surface area contributed by atoms with E-state index in [1.165, 1.54) is 13.4 Å². The largest absolute Gasteiger partial charge is 0.496 e. The molecule has 0 aliphatic rings. The lowest BCUT2D eigenvalue weighted by Crippen LogP contribution is -2.07. The molecule has 0 fully saturated rings. The van der Waals surface area contributed by atoms with Gasteiger partial charge in [-0.15, -0.1) is 0 Å². The number of benzene rings is 2. The van der Waals surface area contributed by atoms with Crippen LogP contribution in [0.4, 0.5) is 0 Å². The Morgan fingerprint density at radius 3 is 2.56 bits per heavy atom. The molecular weight excluding hydrogens is 316 g/mol. The van der Waals surface area contributed by atoms with Gasteiger partial charge in [-0.25, -0.2) is 14.6 Å². The summed E-state index contributed by atoms with van der Waals surface area (Å²) in [5.41, 5.74) is 2.21. The summed E-state index contributed by atoms with van der Waals surface area (Å²) in [5, 5.41) is 4.97. The van der Waals surface area contributed by atoms with Crippen LogP contribution in [0.2, 0.25) is 0 Å². The Morgan fingerprint density at radius 2 is 1.76 bits per heavy atom. The van der Waals surface area contributed by atoms with Crippen molar-refractivity contribution in [1.82, 2.24) is 19.7 Å². The van der Waals surface area contributed by atoms with Crippen molar-refractivity contribution < 1.29 is 9.53 Å². The van der Waals surface area contributed by atoms with Crippen molar-refractivity contribution in [3.8, 4) is 11.4 Å². The van der Waals surface area contributed by atoms with Crippen molar-refractivity contribution in [2.24, 2.45) is 0 Å². The third kappa shape index (κ3) is 2.53. The standard InChI is InChI=1S/C19H14N4O2/c1-25-16-10-6-5-9-14(16)18(24)17-15-11-22-23(19(15)21-12-20-17)13-7-3-2-4-8-13/h2-12H,1H3. The molecule has 6 heteroatoms. The maximum Gasteiger partial charge on any atom is 0.215 e. The maximum absolute atomic E-state index is 13.0. The second-order valence-electron chi connectivity index (χ2n) is 5.38. The SMILES string of the molecule is COc1ccccc1C(=O)c1ncnc2c1cnn2-c1ccccc1. The van der Waals surface area contributed by atoms with Gasteiger partial charge in [0.1, 0.15) is 17.8 Å². The van der Waals surface area contributed by atoms with Crippen LogP contribution in [0.1, 0.15) is 16.1 Å². The number of methoxy groups -OCH3 is 1. The van der Waals surface area contributed by atoms with Crippen LogP contribution in [0.25, 0.3) is 16.7 Å². The van der Waals surface area contributed by atoms with Gasteiger partial charge in [0.25, 0.3) is 0 Å². The monoisotopic (exact) mass is 330 g/mol. The van der Waals surface area contributed by atoms with E-state index in [9.17, 15) is 4.79 Å². The zero-order chi connectivity index (χ0) is 17.2. The van der Waals surface area contributed by atoms with E-state index in [1.807, 2.05) is 36.4 Å². The molecule has 0 N–H and O–H groups in total. The van der Waals surface area contributed by atoms with Gasteiger partial charge in [0.2, 0.25) is 5.78 Å². The summed E-state index contributed by atoms with van der Waals surface area (Å²) in [6.45, 7) is 0. The molecule has 0 spiro atoms. The summed E-state index contributed by atoms with van der Waals surface area (Å²) in [5.74, 6) is 0.284. The number of hydrogen-bond donors (Lipinski definition) is 0. The first-order chi connectivity index (χ1) is 12.3. The Bertz CT molecular complexity index is 1060. The third-order valence-electron chi connectivity index (χ3n) is 3.93. The molecule has 2 aromatic carbocycles. The maximum atomic E-state index is 13.0. The second kappa shape index (κ2) is 6.16. The topological polar surface area (TPSA) is 69.9 Å². The van der Waals surface area contributed by atoms with Gasteiger partial charge >= 0.3 is 0 Å². The lowest BCUT2D eigenvalue weighted by molar-refractivity contribution is 0.103. The summed E-state index contributed by atoms with van der Waals surface area (Å²) in [6.07, 6.45) is 3.00. The quantitative estimate of drug-likeness (QED) is 0.538. The molecule has 0 atom stereocenters. The number of nitrogens with zero attached hydrogens (tertiary/aromatic N) is 4. The summed E-state index contributed by atoms with van der Waals surface area (Å²) in [4.78, 5) is 21.5. The molecule has 2 heterocycles. The van der Waals surface area contributed by atoms with Crippen LogP contribution in [0.3, 0.4) is 0 Å². The van der Waals surface area contributed by atoms with Crippen LogP contribution in [-0.4, -0.2) is 32.6 Å². The van der Waals surface area contributed by atoms with Gasteiger partial charge in [-0.05, 0) is 24.3 Å². The van der Waals surface area contributed by atoms with Gasteiger partial charge in [-0.1, -0.05) is 30.3 Å². The van der Waals surface area contributed by atoms with E-state index in [2.05, 4.69) is 15.1 Å². The second-order valence-corrected chi connectivity index (χ2v) is 5.38. The predicted molar refractivity (Wildman–Crippen MR) is 93.1 cm³/mol. The van der Waals surface area contributed by atoms with E-state index in [-0.39, 0.29) is 5.78 Å². The fourth-order valence-electron chi connectivity index (χ4n) is 2.74. The van der Waals surface area contributed by atoms with Crippen LogP contribution in [0, 0.1) is 0 Å². The van der Waals surface area contributed by atoms with Crippen molar-refractivity contribution >= 4 is 16.8 Å². The van der Waals surface area contributed by atoms with Gasteiger partial charge < -0.3 is 4.74 Å². The minimum Gasteiger partial charge on any atom is -0.496 e. The fourth-order valence-corrected chi connectivity index (χ4v) is 2.74. The molecule has 0 saturated carbocycles. The number of carbonyl (C=O) groups is 1. The molecule has 4 rings (SSSR count). The van der Waals surface area contributed by atoms with Gasteiger partial charge in [-0.3, -0.25) is 4.79 Å². The minimum absolute atomic E-state index is 0.225. The summed E-state index contributed by atoms with van der Waals surface area (Å²) < 4.78 is 6.98. The molecule has 0 radical (unpaired) electrons. The van der Waals surface area contributed by atoms with Gasteiger partial charge in [0.05, 0.1) is 29.9 Å². The number of hydrogen-bond acceptors (Lipinski definition) is 5. The fraction of sp³-hybridized carbons (Fsp3) is 0.0526. The highest BCUT2D eigenvalue weighted by atomic mass is 16.5. The molecule has 0 aliphatic heterocycles. The van der Waals surface area contributed by atoms with E-state index in [1.54, 1.807) is 29.1 Å². The highest BCUT2D eigenvalue weighted by Gasteiger charge is 2.20. The summed E-state index contributed by atoms with van der Waals surface area (Å²) >= 11 is 0. The highest BCUT2D eigenvalue weighted by molar-refractivity contribution is 6.15. The third-order valence-corrected chi connectivity index (χ3v) is 3.93. The molecule has 4 aromatic rings. The van der Waals surface area contributed by atoms with Crippen molar-refractivity contribution in [2.45, 2.75) is 0 Å². The molecule has 2 aromatic heterocycles. The molecule has 0 unspecified atom stereocenters. The Labute approximate surface area is 143 Å². The molecule has 0 saturated heterocycles. The molecule has 0 amide bonds. The molecule has 25 heavy (non-hydrogen) atoms. The Morgan fingerprint density at radius 1 is 1.00 bits per heavy atom. The number of carbonyl (C=O) groups excluding carboxylic acids is 1. The average molecular weight is 330 g/mol. The van der Waals surface area contributed by atoms with Gasteiger partial charge in [-0.2, -0.15) is 5.10 Å². The first-order valence-electron chi connectivity index (χ1n) is 7.71. The Kier molecular flexibility index (Phi) is 3.70. The van der Waals surface area contributed by atoms with E-state index in [4.69, 9.17) is 4.74 Å². The first kappa shape index (κ1) is 15.0. The van der Waals surface area contributed by atoms with E-state index < -0.39 is 0 Å². The summed E-state index contributed by atoms with van der Waals surface area (Å²) in [6, 6.07) is 16.7. The summed E-state index contributed by atoms with van der Waals surface area (Å²) in [7, 11) is 1.54. The number of ketones is 1. The van der Waals surface area contributed by atoms with E-state index in [0.717, 1.165) is 5.69 Å². The lowest BCUT2D eigenvalue weighted by Gasteiger charge is -2.07. The number of rotatable bonds is 4. The minimum atomic E-state index is -0.225. The van der Waals surface area contributed by atoms with Crippen molar-refractivity contribution in [3.05, 3.63) is 78.4 Å². The van der Waals surface area contributed by atoms with Crippen LogP contribution in [0.5, 0.6) is 5.75 Å². The van der Waals surface area contributed by atoms with Crippen LogP contribution >= 0.6 is 0 Å². The zero-order valence-corrected chi connectivity index (χ0v) is 13.5. The molecule has 0 aliphatic carbocycles. The Hall–Kier alpha value is -3.54. The highest BCUT2D eigenvalue weighted by Crippen LogP contribution is 2.24. The molecular formula is C19H14N4O2. The lowest BCUT2D eigenvalue weighted by atomic mass is 10.1. The van der Waals surface area contributed by atoms with Crippen molar-refractivity contribution in [2.75, 3.05) is 7.11 Å². The van der Waals surface area contributed by atoms with Crippen LogP contribution in [0.15, 0.2) is 67.1 Å². The molecule has 122 valence electrons. The first-order valence-corrected chi connectivity index (χ1v) is 7.71. The number of fused-ring (bicyclic) bond motifs is 1. The molecule has 6 nitrogen and oxygen atoms in total. The van der Waals surface area contributed by atoms with Crippen molar-refractivity contribution in [1.29, 1.82) is 0 Å².